The zero-order chi connectivity index (χ0) is 16.8. The van der Waals surface area contributed by atoms with Crippen LogP contribution in [-0.2, 0) is 28.7 Å². The molecule has 6 heteroatoms. The Balaban J connectivity index is 4.19. The third-order valence-corrected chi connectivity index (χ3v) is 1.92. The maximum atomic E-state index is 11.5. The lowest BCUT2D eigenvalue weighted by atomic mass is 10.1. The summed E-state index contributed by atoms with van der Waals surface area (Å²) in [7, 11) is 0. The molecule has 0 heterocycles. The molecular formula is C15H24O6. The van der Waals surface area contributed by atoms with Crippen molar-refractivity contribution in [1.29, 1.82) is 0 Å². The van der Waals surface area contributed by atoms with Gasteiger partial charge in [0.15, 0.2) is 11.6 Å². The van der Waals surface area contributed by atoms with E-state index in [0.29, 0.717) is 0 Å². The first kappa shape index (κ1) is 19.3. The van der Waals surface area contributed by atoms with Crippen LogP contribution in [0.2, 0.25) is 0 Å². The molecule has 0 aliphatic rings. The Morgan fingerprint density at radius 3 is 1.14 bits per heavy atom. The fraction of sp³-hybridized carbons (Fsp3) is 0.733. The van der Waals surface area contributed by atoms with Gasteiger partial charge in [-0.15, -0.1) is 0 Å². The van der Waals surface area contributed by atoms with Gasteiger partial charge in [-0.05, 0) is 41.5 Å². The van der Waals surface area contributed by atoms with Gasteiger partial charge in [0.1, 0.15) is 24.0 Å². The van der Waals surface area contributed by atoms with Crippen molar-refractivity contribution in [3.05, 3.63) is 0 Å². The molecule has 0 aromatic heterocycles. The minimum Gasteiger partial charge on any atom is -0.460 e. The number of ketones is 2. The van der Waals surface area contributed by atoms with Gasteiger partial charge in [-0.25, -0.2) is 0 Å². The Hall–Kier alpha value is -1.72. The fourth-order valence-corrected chi connectivity index (χ4v) is 1.42. The molecule has 21 heavy (non-hydrogen) atoms. The van der Waals surface area contributed by atoms with Gasteiger partial charge in [-0.2, -0.15) is 0 Å². The van der Waals surface area contributed by atoms with E-state index in [9.17, 15) is 19.2 Å². The summed E-state index contributed by atoms with van der Waals surface area (Å²) in [5.74, 6) is -2.51. The first-order chi connectivity index (χ1) is 9.28. The second kappa shape index (κ2) is 7.33. The van der Waals surface area contributed by atoms with E-state index in [2.05, 4.69) is 0 Å². The Morgan fingerprint density at radius 2 is 0.905 bits per heavy atom. The van der Waals surface area contributed by atoms with Crippen molar-refractivity contribution in [2.45, 2.75) is 72.0 Å². The Bertz CT molecular complexity index is 382. The van der Waals surface area contributed by atoms with Crippen LogP contribution in [0.3, 0.4) is 0 Å². The molecule has 120 valence electrons. The monoisotopic (exact) mass is 300 g/mol. The van der Waals surface area contributed by atoms with Gasteiger partial charge in [0, 0.05) is 0 Å². The number of hydrogen-bond donors (Lipinski definition) is 0. The van der Waals surface area contributed by atoms with Crippen LogP contribution in [-0.4, -0.2) is 34.7 Å². The molecule has 0 amide bonds. The average Bonchev–Trinajstić information content (AvgIpc) is 2.07. The number of carbonyl (C=O) groups excluding carboxylic acids is 4. The van der Waals surface area contributed by atoms with Gasteiger partial charge in [-0.3, -0.25) is 19.2 Å². The van der Waals surface area contributed by atoms with Crippen LogP contribution < -0.4 is 0 Å². The molecule has 0 rings (SSSR count). The minimum atomic E-state index is -0.683. The van der Waals surface area contributed by atoms with Crippen LogP contribution in [0.4, 0.5) is 0 Å². The predicted octanol–water partition coefficient (Wildman–Crippen LogP) is 1.98. The van der Waals surface area contributed by atoms with E-state index in [4.69, 9.17) is 9.47 Å². The van der Waals surface area contributed by atoms with Crippen LogP contribution in [0.15, 0.2) is 0 Å². The highest BCUT2D eigenvalue weighted by atomic mass is 16.6. The molecule has 0 saturated heterocycles. The molecule has 0 aromatic carbocycles. The summed E-state index contributed by atoms with van der Waals surface area (Å²) in [6, 6.07) is 0. The Kier molecular flexibility index (Phi) is 6.73. The molecule has 0 radical (unpaired) electrons. The largest absolute Gasteiger partial charge is 0.460 e. The lowest BCUT2D eigenvalue weighted by Gasteiger charge is -2.19. The van der Waals surface area contributed by atoms with Gasteiger partial charge < -0.3 is 9.47 Å². The fourth-order valence-electron chi connectivity index (χ4n) is 1.42. The van der Waals surface area contributed by atoms with Crippen LogP contribution in [0.25, 0.3) is 0 Å². The first-order valence-corrected chi connectivity index (χ1v) is 6.75. The van der Waals surface area contributed by atoms with E-state index in [-0.39, 0.29) is 0 Å². The van der Waals surface area contributed by atoms with Crippen molar-refractivity contribution in [1.82, 2.24) is 0 Å². The predicted molar refractivity (Wildman–Crippen MR) is 75.6 cm³/mol. The van der Waals surface area contributed by atoms with E-state index < -0.39 is 54.0 Å². The molecule has 0 aliphatic heterocycles. The highest BCUT2D eigenvalue weighted by Crippen LogP contribution is 2.11. The van der Waals surface area contributed by atoms with Crippen molar-refractivity contribution in [3.63, 3.8) is 0 Å². The minimum absolute atomic E-state index is 0.474. The summed E-state index contributed by atoms with van der Waals surface area (Å²) in [6.45, 7) is 10.1. The van der Waals surface area contributed by atoms with Gasteiger partial charge in [0.25, 0.3) is 0 Å². The lowest BCUT2D eigenvalue weighted by Crippen LogP contribution is -2.27. The summed E-state index contributed by atoms with van der Waals surface area (Å²) >= 11 is 0. The number of Topliss-reactive ketones (excluding diaryl/α,β-unsaturated/α-hetero) is 2. The third-order valence-electron chi connectivity index (χ3n) is 1.92. The van der Waals surface area contributed by atoms with Crippen LogP contribution in [0.1, 0.15) is 60.8 Å². The van der Waals surface area contributed by atoms with Crippen molar-refractivity contribution in [2.75, 3.05) is 0 Å². The third kappa shape index (κ3) is 11.8. The second-order valence-electron chi connectivity index (χ2n) is 6.78. The molecule has 0 aliphatic carbocycles. The quantitative estimate of drug-likeness (QED) is 0.550. The summed E-state index contributed by atoms with van der Waals surface area (Å²) < 4.78 is 9.95. The van der Waals surface area contributed by atoms with Gasteiger partial charge in [-0.1, -0.05) is 0 Å². The molecule has 0 spiro atoms. The van der Waals surface area contributed by atoms with E-state index in [1.807, 2.05) is 0 Å². The highest BCUT2D eigenvalue weighted by Gasteiger charge is 2.23. The van der Waals surface area contributed by atoms with Crippen LogP contribution >= 0.6 is 0 Å². The van der Waals surface area contributed by atoms with E-state index in [1.54, 1.807) is 41.5 Å². The van der Waals surface area contributed by atoms with Gasteiger partial charge in [0.2, 0.25) is 0 Å². The Morgan fingerprint density at radius 1 is 0.619 bits per heavy atom. The summed E-state index contributed by atoms with van der Waals surface area (Å²) in [5, 5.41) is 0. The molecule has 0 fully saturated rings. The number of ether oxygens (including phenoxy) is 2. The van der Waals surface area contributed by atoms with Gasteiger partial charge in [0.05, 0.1) is 6.42 Å². The first-order valence-electron chi connectivity index (χ1n) is 6.75. The van der Waals surface area contributed by atoms with Crippen molar-refractivity contribution in [3.8, 4) is 0 Å². The number of carbonyl (C=O) groups is 4. The molecular weight excluding hydrogens is 276 g/mol. The lowest BCUT2D eigenvalue weighted by molar-refractivity contribution is -0.156. The van der Waals surface area contributed by atoms with E-state index in [0.717, 1.165) is 0 Å². The van der Waals surface area contributed by atoms with Crippen LogP contribution in [0.5, 0.6) is 0 Å². The molecule has 0 unspecified atom stereocenters. The standard InChI is InChI=1S/C15H24O6/c1-14(2,3)20-12(18)8-10(16)7-11(17)9-13(19)21-15(4,5)6/h7-9H2,1-6H3. The molecule has 0 bridgehead atoms. The van der Waals surface area contributed by atoms with Crippen molar-refractivity contribution >= 4 is 23.5 Å². The number of rotatable bonds is 6. The zero-order valence-electron chi connectivity index (χ0n) is 13.6. The normalized spacial score (nSPS) is 11.7. The Labute approximate surface area is 125 Å². The zero-order valence-corrected chi connectivity index (χ0v) is 13.6. The maximum Gasteiger partial charge on any atom is 0.313 e. The molecule has 0 N–H and O–H groups in total. The smallest absolute Gasteiger partial charge is 0.313 e. The summed E-state index contributed by atoms with van der Waals surface area (Å²) in [6.07, 6.45) is -1.42. The van der Waals surface area contributed by atoms with Gasteiger partial charge >= 0.3 is 11.9 Å². The maximum absolute atomic E-state index is 11.5. The molecule has 6 nitrogen and oxygen atoms in total. The summed E-state index contributed by atoms with van der Waals surface area (Å²) in [4.78, 5) is 45.9. The van der Waals surface area contributed by atoms with E-state index in [1.165, 1.54) is 0 Å². The van der Waals surface area contributed by atoms with E-state index >= 15 is 0 Å². The second-order valence-corrected chi connectivity index (χ2v) is 6.78. The summed E-state index contributed by atoms with van der Waals surface area (Å²) in [5.41, 5.74) is -1.37. The molecule has 0 aromatic rings. The van der Waals surface area contributed by atoms with Crippen LogP contribution in [0, 0.1) is 0 Å². The van der Waals surface area contributed by atoms with Crippen molar-refractivity contribution < 1.29 is 28.7 Å². The SMILES string of the molecule is CC(C)(C)OC(=O)CC(=O)CC(=O)CC(=O)OC(C)(C)C. The number of hydrogen-bond acceptors (Lipinski definition) is 6. The number of esters is 2. The van der Waals surface area contributed by atoms with Crippen molar-refractivity contribution in [2.24, 2.45) is 0 Å². The topological polar surface area (TPSA) is 86.7 Å². The highest BCUT2D eigenvalue weighted by molar-refractivity contribution is 6.09. The molecule has 0 saturated carbocycles. The molecule has 0 atom stereocenters. The average molecular weight is 300 g/mol.